The Balaban J connectivity index is 1.34. The maximum atomic E-state index is 9.69. The first kappa shape index (κ1) is 18.8. The zero-order valence-electron chi connectivity index (χ0n) is 36.9. The molecule has 0 saturated carbocycles. The van der Waals surface area contributed by atoms with Crippen molar-refractivity contribution < 1.29 is 19.5 Å². The molecule has 228 valence electrons. The van der Waals surface area contributed by atoms with Crippen LogP contribution in [0, 0.1) is 0 Å². The van der Waals surface area contributed by atoms with Crippen LogP contribution in [0.1, 0.15) is 15.1 Å². The van der Waals surface area contributed by atoms with Gasteiger partial charge in [-0.2, -0.15) is 0 Å². The number of hydrogen-bond acceptors (Lipinski definition) is 1. The summed E-state index contributed by atoms with van der Waals surface area (Å²) in [4.78, 5) is 0. The molecule has 0 unspecified atom stereocenters. The van der Waals surface area contributed by atoms with Crippen LogP contribution in [-0.2, 0) is 0 Å². The fraction of sp³-hybridized carbons (Fsp3) is 0. The van der Waals surface area contributed by atoms with Crippen molar-refractivity contribution in [1.82, 2.24) is 0 Å². The molecule has 1 heterocycles. The van der Waals surface area contributed by atoms with Gasteiger partial charge in [0.25, 0.3) is 0 Å². The van der Waals surface area contributed by atoms with Gasteiger partial charge in [0.1, 0.15) is 11.2 Å². The van der Waals surface area contributed by atoms with Crippen molar-refractivity contribution >= 4 is 54.3 Å². The summed E-state index contributed by atoms with van der Waals surface area (Å²) in [7, 11) is 0. The first-order valence-electron chi connectivity index (χ1n) is 21.5. The van der Waals surface area contributed by atoms with E-state index in [2.05, 4.69) is 0 Å². The minimum absolute atomic E-state index is 0.0819. The molecule has 0 aliphatic heterocycles. The normalized spacial score (nSPS) is 14.8. The number of benzene rings is 9. The summed E-state index contributed by atoms with van der Waals surface area (Å²) in [5, 5.41) is 4.70. The number of hydrogen-bond donors (Lipinski definition) is 0. The SMILES string of the molecule is [2H]c1c([2H])c([2H])c(-c2ccc3oc4cccc(-c5c6ccccc6c(-c6c([2H])c([2H])c(-c7ccccc7)c7c([2H])c([2H])c([2H])c([2H])c67)c6ccccc56)c4c3c2)c([2H])c1[2H]. The summed E-state index contributed by atoms with van der Waals surface area (Å²) < 4.78 is 104. The summed E-state index contributed by atoms with van der Waals surface area (Å²) in [5.74, 6) is 0. The fourth-order valence-electron chi connectivity index (χ4n) is 7.22. The third kappa shape index (κ3) is 4.33. The lowest BCUT2D eigenvalue weighted by Gasteiger charge is -2.20. The third-order valence-electron chi connectivity index (χ3n) is 9.30. The summed E-state index contributed by atoms with van der Waals surface area (Å²) in [5.41, 5.74) is 4.88. The number of fused-ring (bicyclic) bond motifs is 6. The Morgan fingerprint density at radius 2 is 0.939 bits per heavy atom. The molecule has 0 spiro atoms. The van der Waals surface area contributed by atoms with E-state index in [1.54, 1.807) is 42.5 Å². The average Bonchev–Trinajstić information content (AvgIpc) is 3.65. The van der Waals surface area contributed by atoms with Gasteiger partial charge in [-0.15, -0.1) is 0 Å². The molecule has 0 amide bonds. The second-order valence-electron chi connectivity index (χ2n) is 11.9. The van der Waals surface area contributed by atoms with E-state index < -0.39 is 30.2 Å². The van der Waals surface area contributed by atoms with Crippen LogP contribution in [0.4, 0.5) is 0 Å². The molecule has 0 N–H and O–H groups in total. The lowest BCUT2D eigenvalue weighted by molar-refractivity contribution is 0.669. The Bertz CT molecular complexity index is 3420. The zero-order valence-corrected chi connectivity index (χ0v) is 25.9. The molecule has 0 atom stereocenters. The summed E-state index contributed by atoms with van der Waals surface area (Å²) >= 11 is 0. The Morgan fingerprint density at radius 3 is 1.63 bits per heavy atom. The van der Waals surface area contributed by atoms with E-state index in [1.165, 1.54) is 0 Å². The van der Waals surface area contributed by atoms with E-state index in [9.17, 15) is 5.48 Å². The lowest BCUT2D eigenvalue weighted by Crippen LogP contribution is -1.92. The molecule has 49 heavy (non-hydrogen) atoms. The molecule has 9 aromatic carbocycles. The van der Waals surface area contributed by atoms with Gasteiger partial charge in [0.15, 0.2) is 0 Å². The Labute approximate surface area is 299 Å². The van der Waals surface area contributed by atoms with Crippen molar-refractivity contribution in [2.45, 2.75) is 0 Å². The molecule has 0 radical (unpaired) electrons. The Kier molecular flexibility index (Phi) is 4.25. The number of furan rings is 1. The van der Waals surface area contributed by atoms with Crippen LogP contribution >= 0.6 is 0 Å². The predicted molar refractivity (Wildman–Crippen MR) is 208 cm³/mol. The topological polar surface area (TPSA) is 13.1 Å². The van der Waals surface area contributed by atoms with Crippen LogP contribution in [0.3, 0.4) is 0 Å². The van der Waals surface area contributed by atoms with E-state index in [0.29, 0.717) is 44.0 Å². The second kappa shape index (κ2) is 11.1. The van der Waals surface area contributed by atoms with Crippen LogP contribution in [0.25, 0.3) is 98.8 Å². The second-order valence-corrected chi connectivity index (χ2v) is 11.9. The maximum absolute atomic E-state index is 9.69. The fourth-order valence-corrected chi connectivity index (χ4v) is 7.22. The highest BCUT2D eigenvalue weighted by Gasteiger charge is 2.21. The molecule has 10 aromatic rings. The van der Waals surface area contributed by atoms with Crippen LogP contribution in [-0.4, -0.2) is 0 Å². The molecule has 0 aliphatic carbocycles. The third-order valence-corrected chi connectivity index (χ3v) is 9.30. The van der Waals surface area contributed by atoms with Crippen molar-refractivity contribution in [1.29, 1.82) is 0 Å². The van der Waals surface area contributed by atoms with Gasteiger partial charge in [0.05, 0.1) is 15.1 Å². The highest BCUT2D eigenvalue weighted by atomic mass is 16.3. The first-order valence-corrected chi connectivity index (χ1v) is 16.0. The first-order chi connectivity index (χ1) is 28.9. The highest BCUT2D eigenvalue weighted by molar-refractivity contribution is 6.27. The summed E-state index contributed by atoms with van der Waals surface area (Å²) in [6.07, 6.45) is 0. The van der Waals surface area contributed by atoms with E-state index in [4.69, 9.17) is 14.0 Å². The Morgan fingerprint density at radius 1 is 0.347 bits per heavy atom. The maximum Gasteiger partial charge on any atom is 0.136 e. The minimum atomic E-state index is -0.468. The summed E-state index contributed by atoms with van der Waals surface area (Å²) in [6, 6.07) is 31.6. The quantitative estimate of drug-likeness (QED) is 0.176. The van der Waals surface area contributed by atoms with Crippen molar-refractivity contribution in [3.05, 3.63) is 182 Å². The van der Waals surface area contributed by atoms with Crippen LogP contribution < -0.4 is 0 Å². The molecule has 1 heteroatoms. The number of rotatable bonds is 4. The minimum Gasteiger partial charge on any atom is -0.456 e. The van der Waals surface area contributed by atoms with Crippen molar-refractivity contribution in [2.75, 3.05) is 0 Å². The van der Waals surface area contributed by atoms with Crippen LogP contribution in [0.2, 0.25) is 0 Å². The van der Waals surface area contributed by atoms with Crippen molar-refractivity contribution in [2.24, 2.45) is 0 Å². The van der Waals surface area contributed by atoms with Gasteiger partial charge in [0.2, 0.25) is 0 Å². The molecule has 0 aliphatic rings. The van der Waals surface area contributed by atoms with E-state index in [-0.39, 0.29) is 63.7 Å². The van der Waals surface area contributed by atoms with E-state index >= 15 is 0 Å². The molecular weight excluding hydrogens is 593 g/mol. The van der Waals surface area contributed by atoms with Crippen LogP contribution in [0.5, 0.6) is 0 Å². The highest BCUT2D eigenvalue weighted by Crippen LogP contribution is 2.48. The zero-order chi connectivity index (χ0) is 41.9. The standard InChI is InChI=1S/C48H30O/c1-3-14-31(15-4-1)33-26-29-44-43(30-33)48-42(24-13-25-45(48)49-44)47-39-22-11-9-20-37(39)46(38-21-10-12-23-40(38)47)41-28-27-34(32-16-5-2-6-17-32)35-18-7-8-19-36(35)41/h1-30H/i1D,3D,4D,7D,8D,14D,15D,18D,19D,27D,28D. The van der Waals surface area contributed by atoms with Crippen molar-refractivity contribution in [3.8, 4) is 44.5 Å². The molecule has 0 saturated heterocycles. The largest absolute Gasteiger partial charge is 0.456 e. The molecule has 0 bridgehead atoms. The van der Waals surface area contributed by atoms with Gasteiger partial charge in [-0.1, -0.05) is 164 Å². The Hall–Kier alpha value is -6.44. The van der Waals surface area contributed by atoms with Crippen LogP contribution in [0.15, 0.2) is 186 Å². The summed E-state index contributed by atoms with van der Waals surface area (Å²) in [6.45, 7) is 0. The average molecular weight is 634 g/mol. The van der Waals surface area contributed by atoms with Gasteiger partial charge >= 0.3 is 0 Å². The van der Waals surface area contributed by atoms with Gasteiger partial charge in [0, 0.05) is 10.8 Å². The van der Waals surface area contributed by atoms with Gasteiger partial charge in [-0.25, -0.2) is 0 Å². The molecule has 10 rings (SSSR count). The monoisotopic (exact) mass is 633 g/mol. The molecule has 0 fully saturated rings. The smallest absolute Gasteiger partial charge is 0.136 e. The lowest BCUT2D eigenvalue weighted by atomic mass is 9.83. The van der Waals surface area contributed by atoms with E-state index in [1.807, 2.05) is 72.8 Å². The van der Waals surface area contributed by atoms with Gasteiger partial charge < -0.3 is 4.42 Å². The van der Waals surface area contributed by atoms with Gasteiger partial charge in [-0.3, -0.25) is 0 Å². The molecule has 1 nitrogen and oxygen atoms in total. The van der Waals surface area contributed by atoms with Gasteiger partial charge in [-0.05, 0) is 95.0 Å². The molecular formula is C48H30O. The van der Waals surface area contributed by atoms with Crippen molar-refractivity contribution in [3.63, 3.8) is 0 Å². The van der Waals surface area contributed by atoms with E-state index in [0.717, 1.165) is 27.3 Å². The molecule has 1 aromatic heterocycles. The predicted octanol–water partition coefficient (Wildman–Crippen LogP) is 13.7.